The molecule has 0 radical (unpaired) electrons. The van der Waals surface area contributed by atoms with Gasteiger partial charge < -0.3 is 15.4 Å². The molecule has 1 saturated heterocycles. The first kappa shape index (κ1) is 13.2. The highest BCUT2D eigenvalue weighted by Gasteiger charge is 2.25. The zero-order valence-corrected chi connectivity index (χ0v) is 11.7. The average Bonchev–Trinajstić information content (AvgIpc) is 2.38. The van der Waals surface area contributed by atoms with Gasteiger partial charge in [-0.3, -0.25) is 0 Å². The van der Waals surface area contributed by atoms with Crippen molar-refractivity contribution in [3.05, 3.63) is 23.4 Å². The summed E-state index contributed by atoms with van der Waals surface area (Å²) < 4.78 is 5.52. The number of nitrogens with zero attached hydrogens (tertiary/aromatic N) is 2. The van der Waals surface area contributed by atoms with E-state index in [1.54, 1.807) is 0 Å². The van der Waals surface area contributed by atoms with Crippen LogP contribution in [0.4, 0.5) is 5.82 Å². The normalized spacial score (nSPS) is 19.9. The molecule has 1 aromatic rings. The van der Waals surface area contributed by atoms with E-state index in [2.05, 4.69) is 16.8 Å². The van der Waals surface area contributed by atoms with Crippen molar-refractivity contribution in [2.24, 2.45) is 5.73 Å². The highest BCUT2D eigenvalue weighted by Crippen LogP contribution is 2.24. The minimum Gasteiger partial charge on any atom is -0.389 e. The van der Waals surface area contributed by atoms with Gasteiger partial charge in [-0.15, -0.1) is 0 Å². The summed E-state index contributed by atoms with van der Waals surface area (Å²) in [6, 6.07) is 4.25. The second-order valence-electron chi connectivity index (χ2n) is 4.52. The SMILES string of the molecule is CCC1COCCN1c1nc(C)ccc1C(N)=S. The summed E-state index contributed by atoms with van der Waals surface area (Å²) in [4.78, 5) is 7.29. The van der Waals surface area contributed by atoms with Gasteiger partial charge in [0.2, 0.25) is 0 Å². The van der Waals surface area contributed by atoms with E-state index in [1.165, 1.54) is 0 Å². The third kappa shape index (κ3) is 2.62. The number of aryl methyl sites for hydroxylation is 1. The zero-order valence-electron chi connectivity index (χ0n) is 10.8. The second-order valence-corrected chi connectivity index (χ2v) is 4.96. The van der Waals surface area contributed by atoms with Gasteiger partial charge in [-0.25, -0.2) is 4.98 Å². The van der Waals surface area contributed by atoms with Crippen LogP contribution in [-0.2, 0) is 4.74 Å². The van der Waals surface area contributed by atoms with Gasteiger partial charge in [0.25, 0.3) is 0 Å². The maximum absolute atomic E-state index is 5.79. The van der Waals surface area contributed by atoms with Gasteiger partial charge in [-0.1, -0.05) is 19.1 Å². The Labute approximate surface area is 113 Å². The molecule has 2 heterocycles. The zero-order chi connectivity index (χ0) is 13.1. The lowest BCUT2D eigenvalue weighted by molar-refractivity contribution is 0.0925. The molecule has 2 rings (SSSR count). The average molecular weight is 265 g/mol. The lowest BCUT2D eigenvalue weighted by Crippen LogP contribution is -2.46. The Morgan fingerprint density at radius 1 is 1.61 bits per heavy atom. The van der Waals surface area contributed by atoms with Crippen molar-refractivity contribution in [3.63, 3.8) is 0 Å². The molecule has 1 aromatic heterocycles. The molecule has 1 fully saturated rings. The molecule has 0 bridgehead atoms. The Morgan fingerprint density at radius 3 is 3.06 bits per heavy atom. The molecule has 2 N–H and O–H groups in total. The number of anilines is 1. The summed E-state index contributed by atoms with van der Waals surface area (Å²) in [5.74, 6) is 0.901. The predicted molar refractivity (Wildman–Crippen MR) is 77.1 cm³/mol. The molecule has 1 aliphatic rings. The number of rotatable bonds is 3. The van der Waals surface area contributed by atoms with Crippen LogP contribution in [0.1, 0.15) is 24.6 Å². The van der Waals surface area contributed by atoms with Crippen LogP contribution >= 0.6 is 12.2 Å². The summed E-state index contributed by atoms with van der Waals surface area (Å²) in [5.41, 5.74) is 7.63. The molecule has 0 aliphatic carbocycles. The van der Waals surface area contributed by atoms with E-state index < -0.39 is 0 Å². The van der Waals surface area contributed by atoms with Crippen molar-refractivity contribution in [3.8, 4) is 0 Å². The molecular weight excluding hydrogens is 246 g/mol. The first-order chi connectivity index (χ1) is 8.63. The third-order valence-electron chi connectivity index (χ3n) is 3.25. The largest absolute Gasteiger partial charge is 0.389 e. The fraction of sp³-hybridized carbons (Fsp3) is 0.538. The summed E-state index contributed by atoms with van der Waals surface area (Å²) >= 11 is 5.12. The molecule has 98 valence electrons. The van der Waals surface area contributed by atoms with E-state index in [9.17, 15) is 0 Å². The van der Waals surface area contributed by atoms with Crippen LogP contribution in [0.3, 0.4) is 0 Å². The number of nitrogens with two attached hydrogens (primary N) is 1. The molecular formula is C13H19N3OS. The number of thiocarbonyl (C=S) groups is 1. The van der Waals surface area contributed by atoms with Crippen LogP contribution in [-0.4, -0.2) is 35.8 Å². The molecule has 18 heavy (non-hydrogen) atoms. The van der Waals surface area contributed by atoms with Crippen molar-refractivity contribution in [1.82, 2.24) is 4.98 Å². The summed E-state index contributed by atoms with van der Waals surface area (Å²) in [5, 5.41) is 0. The topological polar surface area (TPSA) is 51.4 Å². The molecule has 0 saturated carbocycles. The minimum absolute atomic E-state index is 0.348. The van der Waals surface area contributed by atoms with E-state index in [0.717, 1.165) is 43.3 Å². The van der Waals surface area contributed by atoms with Crippen LogP contribution in [0, 0.1) is 6.92 Å². The maximum Gasteiger partial charge on any atom is 0.139 e. The summed E-state index contributed by atoms with van der Waals surface area (Å²) in [7, 11) is 0. The first-order valence-electron chi connectivity index (χ1n) is 6.25. The Bertz CT molecular complexity index is 450. The summed E-state index contributed by atoms with van der Waals surface area (Å²) in [6.45, 7) is 6.44. The molecule has 0 aromatic carbocycles. The van der Waals surface area contributed by atoms with Crippen LogP contribution < -0.4 is 10.6 Å². The first-order valence-corrected chi connectivity index (χ1v) is 6.66. The van der Waals surface area contributed by atoms with Gasteiger partial charge in [-0.05, 0) is 25.5 Å². The number of ether oxygens (including phenoxy) is 1. The molecule has 1 atom stereocenters. The van der Waals surface area contributed by atoms with Crippen LogP contribution in [0.15, 0.2) is 12.1 Å². The van der Waals surface area contributed by atoms with Crippen molar-refractivity contribution in [2.75, 3.05) is 24.7 Å². The van der Waals surface area contributed by atoms with E-state index in [4.69, 9.17) is 22.7 Å². The highest BCUT2D eigenvalue weighted by molar-refractivity contribution is 7.80. The van der Waals surface area contributed by atoms with E-state index in [1.807, 2.05) is 19.1 Å². The molecule has 1 aliphatic heterocycles. The van der Waals surface area contributed by atoms with Crippen molar-refractivity contribution < 1.29 is 4.74 Å². The second kappa shape index (κ2) is 5.63. The van der Waals surface area contributed by atoms with E-state index in [-0.39, 0.29) is 0 Å². The lowest BCUT2D eigenvalue weighted by Gasteiger charge is -2.37. The van der Waals surface area contributed by atoms with Gasteiger partial charge in [0.05, 0.1) is 24.8 Å². The molecule has 0 spiro atoms. The third-order valence-corrected chi connectivity index (χ3v) is 3.47. The standard InChI is InChI=1S/C13H19N3OS/c1-3-10-8-17-7-6-16(10)13-11(12(14)18)5-4-9(2)15-13/h4-5,10H,3,6-8H2,1-2H3,(H2,14,18). The monoisotopic (exact) mass is 265 g/mol. The van der Waals surface area contributed by atoms with Gasteiger partial charge in [0, 0.05) is 12.2 Å². The Morgan fingerprint density at radius 2 is 2.39 bits per heavy atom. The van der Waals surface area contributed by atoms with Crippen molar-refractivity contribution >= 4 is 23.0 Å². The maximum atomic E-state index is 5.79. The van der Waals surface area contributed by atoms with E-state index in [0.29, 0.717) is 11.0 Å². The number of morpholine rings is 1. The number of pyridine rings is 1. The smallest absolute Gasteiger partial charge is 0.139 e. The van der Waals surface area contributed by atoms with Gasteiger partial charge in [0.15, 0.2) is 0 Å². The minimum atomic E-state index is 0.348. The molecule has 1 unspecified atom stereocenters. The van der Waals surface area contributed by atoms with Crippen molar-refractivity contribution in [1.29, 1.82) is 0 Å². The van der Waals surface area contributed by atoms with Crippen LogP contribution in [0.5, 0.6) is 0 Å². The van der Waals surface area contributed by atoms with Gasteiger partial charge >= 0.3 is 0 Å². The lowest BCUT2D eigenvalue weighted by atomic mass is 10.1. The fourth-order valence-corrected chi connectivity index (χ4v) is 2.39. The molecule has 0 amide bonds. The highest BCUT2D eigenvalue weighted by atomic mass is 32.1. The van der Waals surface area contributed by atoms with E-state index >= 15 is 0 Å². The Kier molecular flexibility index (Phi) is 4.14. The van der Waals surface area contributed by atoms with Gasteiger partial charge in [0.1, 0.15) is 10.8 Å². The van der Waals surface area contributed by atoms with Crippen LogP contribution in [0.2, 0.25) is 0 Å². The predicted octanol–water partition coefficient (Wildman–Crippen LogP) is 1.64. The Hall–Kier alpha value is -1.20. The van der Waals surface area contributed by atoms with Crippen molar-refractivity contribution in [2.45, 2.75) is 26.3 Å². The number of hydrogen-bond donors (Lipinski definition) is 1. The fourth-order valence-electron chi connectivity index (χ4n) is 2.23. The van der Waals surface area contributed by atoms with Gasteiger partial charge in [-0.2, -0.15) is 0 Å². The molecule has 5 heteroatoms. The quantitative estimate of drug-likeness (QED) is 0.842. The Balaban J connectivity index is 2.41. The number of aromatic nitrogens is 1. The number of hydrogen-bond acceptors (Lipinski definition) is 4. The van der Waals surface area contributed by atoms with Crippen LogP contribution in [0.25, 0.3) is 0 Å². The summed E-state index contributed by atoms with van der Waals surface area (Å²) in [6.07, 6.45) is 1.02. The molecule has 4 nitrogen and oxygen atoms in total.